The van der Waals surface area contributed by atoms with E-state index >= 15 is 0 Å². The van der Waals surface area contributed by atoms with Crippen LogP contribution in [0.15, 0.2) is 124 Å². The van der Waals surface area contributed by atoms with Crippen LogP contribution in [0.4, 0.5) is 5.95 Å². The normalized spacial score (nSPS) is 11.3. The molecule has 0 aliphatic heterocycles. The van der Waals surface area contributed by atoms with Gasteiger partial charge in [-0.1, -0.05) is 97.1 Å². The molecule has 5 aromatic rings. The summed E-state index contributed by atoms with van der Waals surface area (Å²) in [5.41, 5.74) is 12.5. The molecule has 0 aliphatic rings. The van der Waals surface area contributed by atoms with E-state index in [9.17, 15) is 10.3 Å². The van der Waals surface area contributed by atoms with E-state index in [2.05, 4.69) is 93.6 Å². The van der Waals surface area contributed by atoms with Crippen molar-refractivity contribution in [2.75, 3.05) is 6.54 Å². The highest BCUT2D eigenvalue weighted by atomic mass is 79.9. The third-order valence-electron chi connectivity index (χ3n) is 6.42. The first-order chi connectivity index (χ1) is 19.5. The van der Waals surface area contributed by atoms with Crippen molar-refractivity contribution < 1.29 is 4.79 Å². The second-order valence-electron chi connectivity index (χ2n) is 8.79. The number of aromatic nitrogens is 3. The summed E-state index contributed by atoms with van der Waals surface area (Å²) in [5.74, 6) is -0.0311. The molecule has 0 radical (unpaired) electrons. The van der Waals surface area contributed by atoms with Crippen LogP contribution in [0.2, 0.25) is 0 Å². The summed E-state index contributed by atoms with van der Waals surface area (Å²) in [6.07, 6.45) is 5.46. The van der Waals surface area contributed by atoms with Crippen molar-refractivity contribution in [1.29, 1.82) is 0 Å². The number of imidazole rings is 1. The summed E-state index contributed by atoms with van der Waals surface area (Å²) in [6, 6.07) is 31.9. The van der Waals surface area contributed by atoms with Crippen molar-refractivity contribution in [3.63, 3.8) is 0 Å². The number of H-pyrrole nitrogens is 1. The van der Waals surface area contributed by atoms with Crippen LogP contribution in [-0.2, 0) is 5.54 Å². The molecule has 198 valence electrons. The summed E-state index contributed by atoms with van der Waals surface area (Å²) in [5, 5.41) is 6.84. The van der Waals surface area contributed by atoms with Crippen molar-refractivity contribution in [3.8, 4) is 0 Å². The highest BCUT2D eigenvalue weighted by molar-refractivity contribution is 9.13. The lowest BCUT2D eigenvalue weighted by Crippen LogP contribution is -2.37. The number of aromatic amines is 1. The molecule has 2 N–H and O–H groups in total. The molecule has 10 heteroatoms. The van der Waals surface area contributed by atoms with Gasteiger partial charge in [-0.05, 0) is 71.3 Å². The lowest BCUT2D eigenvalue weighted by atomic mass is 9.76. The van der Waals surface area contributed by atoms with Gasteiger partial charge in [-0.15, -0.1) is 0 Å². The number of carbonyl (C=O) groups is 1. The number of carbonyl (C=O) groups excluding carboxylic acids is 1. The molecule has 0 saturated heterocycles. The van der Waals surface area contributed by atoms with Crippen LogP contribution in [-0.4, -0.2) is 27.0 Å². The monoisotopic (exact) mass is 656 g/mol. The Hall–Kier alpha value is -4.37. The molecule has 0 bridgehead atoms. The largest absolute Gasteiger partial charge is 0.347 e. The number of nitrogens with zero attached hydrogens (tertiary/aromatic N) is 5. The van der Waals surface area contributed by atoms with E-state index in [4.69, 9.17) is 0 Å². The summed E-state index contributed by atoms with van der Waals surface area (Å²) >= 11 is 6.71. The SMILES string of the molecule is [N-]=[N+]=Nc1nc(/C=C/C[15NH]C(=O)c2cc(Br)c(Br)[nH]2)cn1C(c1ccccc1)(c1ccccc1)c1ccccc1. The Morgan fingerprint density at radius 1 is 0.975 bits per heavy atom. The second-order valence-corrected chi connectivity index (χ2v) is 10.4. The minimum absolute atomic E-state index is 0.212. The molecule has 3 aromatic carbocycles. The lowest BCUT2D eigenvalue weighted by molar-refractivity contribution is 0.0953. The van der Waals surface area contributed by atoms with Gasteiger partial charge >= 0.3 is 0 Å². The predicted molar refractivity (Wildman–Crippen MR) is 163 cm³/mol. The van der Waals surface area contributed by atoms with Crippen molar-refractivity contribution in [2.24, 2.45) is 5.11 Å². The van der Waals surface area contributed by atoms with Gasteiger partial charge in [-0.25, -0.2) is 4.98 Å². The minimum Gasteiger partial charge on any atom is -0.347 e. The van der Waals surface area contributed by atoms with Crippen LogP contribution in [0.3, 0.4) is 0 Å². The summed E-state index contributed by atoms with van der Waals surface area (Å²) in [6.45, 7) is 0.276. The Labute approximate surface area is 247 Å². The highest BCUT2D eigenvalue weighted by Gasteiger charge is 2.39. The van der Waals surface area contributed by atoms with Gasteiger partial charge in [0, 0.05) is 17.7 Å². The molecule has 0 saturated carbocycles. The number of halogens is 2. The maximum atomic E-state index is 12.5. The molecule has 5 rings (SSSR count). The maximum Gasteiger partial charge on any atom is 0.268 e. The van der Waals surface area contributed by atoms with Gasteiger partial charge in [0.1, 0.15) is 11.2 Å². The Kier molecular flexibility index (Phi) is 8.31. The average molecular weight is 658 g/mol. The fourth-order valence-corrected chi connectivity index (χ4v) is 5.39. The van der Waals surface area contributed by atoms with Gasteiger partial charge in [0.2, 0.25) is 0 Å². The zero-order chi connectivity index (χ0) is 28.0. The quantitative estimate of drug-likeness (QED) is 0.0551. The average Bonchev–Trinajstić information content (AvgIpc) is 3.55. The van der Waals surface area contributed by atoms with Crippen molar-refractivity contribution in [1.82, 2.24) is 19.9 Å². The Bertz CT molecular complexity index is 1570. The molecule has 0 fully saturated rings. The van der Waals surface area contributed by atoms with Crippen LogP contribution in [0.25, 0.3) is 16.5 Å². The third kappa shape index (κ3) is 5.37. The Morgan fingerprint density at radius 3 is 2.00 bits per heavy atom. The number of benzene rings is 3. The highest BCUT2D eigenvalue weighted by Crippen LogP contribution is 2.43. The molecule has 0 unspecified atom stereocenters. The zero-order valence-electron chi connectivity index (χ0n) is 21.1. The van der Waals surface area contributed by atoms with Gasteiger partial charge in [0.05, 0.1) is 14.8 Å². The Balaban J connectivity index is 1.58. The smallest absolute Gasteiger partial charge is 0.268 e. The van der Waals surface area contributed by atoms with Crippen molar-refractivity contribution >= 4 is 49.8 Å². The number of amides is 1. The molecule has 0 atom stereocenters. The number of hydrogen-bond acceptors (Lipinski definition) is 3. The predicted octanol–water partition coefficient (Wildman–Crippen LogP) is 7.96. The molecular weight excluding hydrogens is 635 g/mol. The van der Waals surface area contributed by atoms with Crippen LogP contribution in [0.5, 0.6) is 0 Å². The van der Waals surface area contributed by atoms with Gasteiger partial charge in [-0.3, -0.25) is 4.79 Å². The van der Waals surface area contributed by atoms with E-state index in [1.807, 2.05) is 65.4 Å². The fourth-order valence-electron chi connectivity index (χ4n) is 4.73. The van der Waals surface area contributed by atoms with Crippen LogP contribution >= 0.6 is 31.9 Å². The van der Waals surface area contributed by atoms with Gasteiger partial charge in [0.15, 0.2) is 5.95 Å². The van der Waals surface area contributed by atoms with Crippen LogP contribution in [0, 0.1) is 0 Å². The van der Waals surface area contributed by atoms with Gasteiger partial charge < -0.3 is 14.9 Å². The van der Waals surface area contributed by atoms with Crippen LogP contribution in [0.1, 0.15) is 32.9 Å². The molecule has 8 nitrogen and oxygen atoms in total. The van der Waals surface area contributed by atoms with E-state index in [-0.39, 0.29) is 18.4 Å². The van der Waals surface area contributed by atoms with Gasteiger partial charge in [0.25, 0.3) is 5.91 Å². The maximum absolute atomic E-state index is 12.5. The first-order valence-corrected chi connectivity index (χ1v) is 13.9. The summed E-state index contributed by atoms with van der Waals surface area (Å²) in [4.78, 5) is 23.2. The first-order valence-electron chi connectivity index (χ1n) is 12.3. The number of azide groups is 1. The summed E-state index contributed by atoms with van der Waals surface area (Å²) in [7, 11) is 0. The molecule has 2 heterocycles. The lowest BCUT2D eigenvalue weighted by Gasteiger charge is -2.38. The number of nitrogens with one attached hydrogen (secondary N) is 2. The number of rotatable bonds is 9. The molecule has 1 amide bonds. The first kappa shape index (κ1) is 27.2. The third-order valence-corrected chi connectivity index (χ3v) is 8.20. The Morgan fingerprint density at radius 2 is 1.52 bits per heavy atom. The van der Waals surface area contributed by atoms with E-state index < -0.39 is 5.54 Å². The van der Waals surface area contributed by atoms with Crippen LogP contribution < -0.4 is 5.32 Å². The second kappa shape index (κ2) is 12.2. The topological polar surface area (TPSA) is 111 Å². The van der Waals surface area contributed by atoms with E-state index in [0.29, 0.717) is 16.0 Å². The molecule has 40 heavy (non-hydrogen) atoms. The van der Waals surface area contributed by atoms with Gasteiger partial charge in [-0.2, -0.15) is 0 Å². The standard InChI is InChI=1S/C30H23Br2N7O/c31-25-19-26(36-27(25)32)28(40)34-18-10-17-24-20-39(29(35-24)37-38-33)30(21-11-4-1-5-12-21,22-13-6-2-7-14-22)23-15-8-3-9-16-23/h1-17,19-20,36H,18H2,(H,34,40)/b17-10+/i34+1. The fraction of sp³-hybridized carbons (Fsp3) is 0.0667. The summed E-state index contributed by atoms with van der Waals surface area (Å²) < 4.78 is 3.38. The number of hydrogen-bond donors (Lipinski definition) is 2. The molecular formula is C30H23Br2N7O. The molecule has 2 aromatic heterocycles. The van der Waals surface area contributed by atoms with E-state index in [0.717, 1.165) is 21.2 Å². The van der Waals surface area contributed by atoms with E-state index in [1.54, 1.807) is 18.2 Å². The molecule has 0 aliphatic carbocycles. The minimum atomic E-state index is -0.880. The molecule has 0 spiro atoms. The van der Waals surface area contributed by atoms with Crippen molar-refractivity contribution in [2.45, 2.75) is 5.54 Å². The van der Waals surface area contributed by atoms with Crippen molar-refractivity contribution in [3.05, 3.63) is 157 Å². The zero-order valence-corrected chi connectivity index (χ0v) is 24.2. The van der Waals surface area contributed by atoms with E-state index in [1.165, 1.54) is 0 Å².